The second-order valence-electron chi connectivity index (χ2n) is 5.49. The van der Waals surface area contributed by atoms with Crippen molar-refractivity contribution in [3.63, 3.8) is 0 Å². The molecule has 0 saturated carbocycles. The first kappa shape index (κ1) is 17.4. The van der Waals surface area contributed by atoms with Gasteiger partial charge in [-0.2, -0.15) is 0 Å². The molecular formula is C13H24N2O4. The van der Waals surface area contributed by atoms with Crippen LogP contribution in [0, 0.1) is 5.92 Å². The van der Waals surface area contributed by atoms with Gasteiger partial charge in [0.2, 0.25) is 5.91 Å². The maximum absolute atomic E-state index is 11.8. The maximum Gasteiger partial charge on any atom is 0.324 e. The van der Waals surface area contributed by atoms with Gasteiger partial charge in [0.15, 0.2) is 0 Å². The Bertz CT molecular complexity index is 353. The van der Waals surface area contributed by atoms with Gasteiger partial charge in [-0.3, -0.25) is 14.9 Å². The maximum atomic E-state index is 11.8. The molecule has 0 saturated heterocycles. The van der Waals surface area contributed by atoms with E-state index in [0.29, 0.717) is 0 Å². The number of amides is 3. The van der Waals surface area contributed by atoms with Crippen molar-refractivity contribution in [3.05, 3.63) is 0 Å². The molecule has 0 spiro atoms. The minimum atomic E-state index is -0.948. The number of nitrogens with zero attached hydrogens (tertiary/aromatic N) is 1. The van der Waals surface area contributed by atoms with E-state index in [9.17, 15) is 14.4 Å². The van der Waals surface area contributed by atoms with Crippen molar-refractivity contribution in [1.82, 2.24) is 10.2 Å². The number of nitrogens with one attached hydrogen (secondary N) is 1. The number of carbonyl (C=O) groups excluding carboxylic acids is 2. The summed E-state index contributed by atoms with van der Waals surface area (Å²) in [5.74, 6) is -1.69. The topological polar surface area (TPSA) is 86.7 Å². The molecule has 0 aliphatic heterocycles. The Morgan fingerprint density at radius 2 is 1.79 bits per heavy atom. The number of carboxylic acid groups (broad SMARTS) is 1. The highest BCUT2D eigenvalue weighted by Crippen LogP contribution is 2.16. The van der Waals surface area contributed by atoms with Crippen LogP contribution in [0.4, 0.5) is 4.79 Å². The molecule has 1 unspecified atom stereocenters. The highest BCUT2D eigenvalue weighted by Gasteiger charge is 2.26. The van der Waals surface area contributed by atoms with Gasteiger partial charge in [0.25, 0.3) is 0 Å². The van der Waals surface area contributed by atoms with Crippen LogP contribution in [0.25, 0.3) is 0 Å². The number of rotatable bonds is 6. The average molecular weight is 272 g/mol. The lowest BCUT2D eigenvalue weighted by Crippen LogP contribution is -2.50. The Balaban J connectivity index is 4.34. The first-order valence-electron chi connectivity index (χ1n) is 6.39. The SMILES string of the molecule is CCC(C)(C)N(C)C(=O)NC(=O)CC(C)CC(=O)O. The lowest BCUT2D eigenvalue weighted by Gasteiger charge is -2.34. The third-order valence-electron chi connectivity index (χ3n) is 3.38. The van der Waals surface area contributed by atoms with Gasteiger partial charge in [-0.05, 0) is 26.2 Å². The highest BCUT2D eigenvalue weighted by atomic mass is 16.4. The van der Waals surface area contributed by atoms with Gasteiger partial charge < -0.3 is 10.0 Å². The van der Waals surface area contributed by atoms with Crippen LogP contribution in [0.5, 0.6) is 0 Å². The monoisotopic (exact) mass is 272 g/mol. The molecule has 0 aromatic carbocycles. The van der Waals surface area contributed by atoms with Crippen LogP contribution in [-0.4, -0.2) is 40.5 Å². The van der Waals surface area contributed by atoms with Crippen LogP contribution in [-0.2, 0) is 9.59 Å². The molecule has 6 heteroatoms. The Hall–Kier alpha value is -1.59. The summed E-state index contributed by atoms with van der Waals surface area (Å²) in [4.78, 5) is 35.4. The van der Waals surface area contributed by atoms with Crippen molar-refractivity contribution in [1.29, 1.82) is 0 Å². The molecule has 6 nitrogen and oxygen atoms in total. The fourth-order valence-corrected chi connectivity index (χ4v) is 1.45. The van der Waals surface area contributed by atoms with Crippen LogP contribution >= 0.6 is 0 Å². The molecule has 0 bridgehead atoms. The number of hydrogen-bond donors (Lipinski definition) is 2. The predicted molar refractivity (Wildman–Crippen MR) is 71.7 cm³/mol. The summed E-state index contributed by atoms with van der Waals surface area (Å²) in [7, 11) is 1.63. The van der Waals surface area contributed by atoms with Crippen molar-refractivity contribution >= 4 is 17.9 Å². The number of urea groups is 1. The molecule has 2 N–H and O–H groups in total. The summed E-state index contributed by atoms with van der Waals surface area (Å²) in [6, 6.07) is -0.459. The summed E-state index contributed by atoms with van der Waals surface area (Å²) in [6.45, 7) is 7.44. The summed E-state index contributed by atoms with van der Waals surface area (Å²) in [5.41, 5.74) is -0.336. The van der Waals surface area contributed by atoms with E-state index in [-0.39, 0.29) is 24.3 Å². The van der Waals surface area contributed by atoms with E-state index < -0.39 is 17.9 Å². The van der Waals surface area contributed by atoms with Crippen molar-refractivity contribution in [2.45, 2.75) is 52.5 Å². The van der Waals surface area contributed by atoms with Gasteiger partial charge in [0, 0.05) is 25.4 Å². The molecule has 0 heterocycles. The Kier molecular flexibility index (Phi) is 6.52. The fourth-order valence-electron chi connectivity index (χ4n) is 1.45. The zero-order chi connectivity index (χ0) is 15.2. The molecule has 110 valence electrons. The summed E-state index contributed by atoms with van der Waals surface area (Å²) in [5, 5.41) is 10.9. The zero-order valence-corrected chi connectivity index (χ0v) is 12.3. The van der Waals surface area contributed by atoms with Gasteiger partial charge in [-0.15, -0.1) is 0 Å². The van der Waals surface area contributed by atoms with Gasteiger partial charge >= 0.3 is 12.0 Å². The number of carboxylic acids is 1. The van der Waals surface area contributed by atoms with E-state index in [1.165, 1.54) is 4.90 Å². The second-order valence-corrected chi connectivity index (χ2v) is 5.49. The fraction of sp³-hybridized carbons (Fsp3) is 0.769. The van der Waals surface area contributed by atoms with Crippen molar-refractivity contribution < 1.29 is 19.5 Å². The molecule has 19 heavy (non-hydrogen) atoms. The number of hydrogen-bond acceptors (Lipinski definition) is 3. The molecule has 0 aliphatic carbocycles. The van der Waals surface area contributed by atoms with Gasteiger partial charge in [0.1, 0.15) is 0 Å². The summed E-state index contributed by atoms with van der Waals surface area (Å²) in [6.07, 6.45) is 0.705. The lowest BCUT2D eigenvalue weighted by molar-refractivity contribution is -0.138. The van der Waals surface area contributed by atoms with E-state index in [1.54, 1.807) is 14.0 Å². The smallest absolute Gasteiger partial charge is 0.324 e. The van der Waals surface area contributed by atoms with Crippen LogP contribution in [0.15, 0.2) is 0 Å². The second kappa shape index (κ2) is 7.11. The normalized spacial score (nSPS) is 12.7. The average Bonchev–Trinajstić information content (AvgIpc) is 2.26. The molecule has 0 aromatic heterocycles. The van der Waals surface area contributed by atoms with Crippen molar-refractivity contribution in [2.24, 2.45) is 5.92 Å². The predicted octanol–water partition coefficient (Wildman–Crippen LogP) is 1.84. The highest BCUT2D eigenvalue weighted by molar-refractivity contribution is 5.94. The van der Waals surface area contributed by atoms with Crippen LogP contribution < -0.4 is 5.32 Å². The van der Waals surface area contributed by atoms with Crippen LogP contribution in [0.3, 0.4) is 0 Å². The third-order valence-corrected chi connectivity index (χ3v) is 3.38. The van der Waals surface area contributed by atoms with Gasteiger partial charge in [0.05, 0.1) is 0 Å². The third kappa shape index (κ3) is 6.22. The van der Waals surface area contributed by atoms with Gasteiger partial charge in [-0.1, -0.05) is 13.8 Å². The van der Waals surface area contributed by atoms with Crippen LogP contribution in [0.2, 0.25) is 0 Å². The standard InChI is InChI=1S/C13H24N2O4/c1-6-13(3,4)15(5)12(19)14-10(16)7-9(2)8-11(17)18/h9H,6-8H2,1-5H3,(H,17,18)(H,14,16,19). The van der Waals surface area contributed by atoms with Crippen LogP contribution in [0.1, 0.15) is 47.0 Å². The van der Waals surface area contributed by atoms with Gasteiger partial charge in [-0.25, -0.2) is 4.79 Å². The van der Waals surface area contributed by atoms with E-state index in [4.69, 9.17) is 5.11 Å². The van der Waals surface area contributed by atoms with E-state index in [1.807, 2.05) is 20.8 Å². The minimum absolute atomic E-state index is 0.0262. The molecule has 0 rings (SSSR count). The zero-order valence-electron chi connectivity index (χ0n) is 12.3. The largest absolute Gasteiger partial charge is 0.481 e. The molecule has 1 atom stereocenters. The molecule has 0 aromatic rings. The Morgan fingerprint density at radius 1 is 1.26 bits per heavy atom. The Morgan fingerprint density at radius 3 is 2.21 bits per heavy atom. The summed E-state index contributed by atoms with van der Waals surface area (Å²) >= 11 is 0. The lowest BCUT2D eigenvalue weighted by atomic mass is 10.0. The molecule has 0 fully saturated rings. The molecule has 0 radical (unpaired) electrons. The van der Waals surface area contributed by atoms with E-state index in [2.05, 4.69) is 5.32 Å². The number of aliphatic carboxylic acids is 1. The Labute approximate surface area is 114 Å². The first-order chi connectivity index (χ1) is 8.60. The van der Waals surface area contributed by atoms with E-state index in [0.717, 1.165) is 6.42 Å². The number of carbonyl (C=O) groups is 3. The number of imide groups is 1. The summed E-state index contributed by atoms with van der Waals surface area (Å²) < 4.78 is 0. The van der Waals surface area contributed by atoms with E-state index >= 15 is 0 Å². The molecule has 3 amide bonds. The molecule has 0 aliphatic rings. The minimum Gasteiger partial charge on any atom is -0.481 e. The quantitative estimate of drug-likeness (QED) is 0.772. The first-order valence-corrected chi connectivity index (χ1v) is 6.39. The molecular weight excluding hydrogens is 248 g/mol. The van der Waals surface area contributed by atoms with Crippen molar-refractivity contribution in [3.8, 4) is 0 Å². The van der Waals surface area contributed by atoms with Crippen molar-refractivity contribution in [2.75, 3.05) is 7.05 Å².